The van der Waals surface area contributed by atoms with Crippen LogP contribution in [0.4, 0.5) is 0 Å². The Bertz CT molecular complexity index is 532. The lowest BCUT2D eigenvalue weighted by Gasteiger charge is -2.14. The van der Waals surface area contributed by atoms with E-state index < -0.39 is 6.10 Å². The highest BCUT2D eigenvalue weighted by molar-refractivity contribution is 5.38. The number of aryl methyl sites for hydroxylation is 2. The minimum Gasteiger partial charge on any atom is -0.485 e. The lowest BCUT2D eigenvalue weighted by molar-refractivity contribution is 0.189. The van der Waals surface area contributed by atoms with Gasteiger partial charge in [0.15, 0.2) is 0 Å². The molecule has 0 fully saturated rings. The lowest BCUT2D eigenvalue weighted by Crippen LogP contribution is -2.05. The van der Waals surface area contributed by atoms with Gasteiger partial charge in [0.25, 0.3) is 0 Å². The van der Waals surface area contributed by atoms with E-state index in [9.17, 15) is 5.11 Å². The summed E-state index contributed by atoms with van der Waals surface area (Å²) in [4.78, 5) is 4.20. The van der Waals surface area contributed by atoms with Gasteiger partial charge in [-0.15, -0.1) is 0 Å². The molecule has 4 nitrogen and oxygen atoms in total. The first kappa shape index (κ1) is 12.6. The van der Waals surface area contributed by atoms with Crippen molar-refractivity contribution in [1.29, 1.82) is 0 Å². The van der Waals surface area contributed by atoms with Crippen molar-refractivity contribution in [3.05, 3.63) is 47.5 Å². The largest absolute Gasteiger partial charge is 0.485 e. The molecule has 18 heavy (non-hydrogen) atoms. The van der Waals surface area contributed by atoms with Crippen LogP contribution in [0.1, 0.15) is 30.0 Å². The molecule has 0 aliphatic heterocycles. The minimum absolute atomic E-state index is 0.395. The van der Waals surface area contributed by atoms with Crippen LogP contribution >= 0.6 is 0 Å². The first-order valence-electron chi connectivity index (χ1n) is 5.95. The number of benzene rings is 1. The Balaban J connectivity index is 2.16. The number of aliphatic hydroxyl groups is 1. The summed E-state index contributed by atoms with van der Waals surface area (Å²) in [6.07, 6.45) is 3.08. The lowest BCUT2D eigenvalue weighted by atomic mass is 10.1. The van der Waals surface area contributed by atoms with Crippen LogP contribution in [0.2, 0.25) is 0 Å². The van der Waals surface area contributed by atoms with Crippen LogP contribution in [-0.4, -0.2) is 14.7 Å². The number of aliphatic hydroxyl groups excluding tert-OH is 1. The Labute approximate surface area is 107 Å². The number of imidazole rings is 1. The average molecular weight is 246 g/mol. The van der Waals surface area contributed by atoms with Crippen molar-refractivity contribution in [2.24, 2.45) is 7.05 Å². The maximum atomic E-state index is 9.74. The molecule has 2 rings (SSSR count). The summed E-state index contributed by atoms with van der Waals surface area (Å²) >= 11 is 0. The van der Waals surface area contributed by atoms with Crippen molar-refractivity contribution >= 4 is 0 Å². The van der Waals surface area contributed by atoms with Crippen LogP contribution in [0.25, 0.3) is 0 Å². The molecular weight excluding hydrogens is 228 g/mol. The van der Waals surface area contributed by atoms with Gasteiger partial charge in [-0.05, 0) is 26.0 Å². The molecule has 0 bridgehead atoms. The highest BCUT2D eigenvalue weighted by Crippen LogP contribution is 2.26. The van der Waals surface area contributed by atoms with E-state index in [0.29, 0.717) is 12.4 Å². The number of rotatable bonds is 4. The molecule has 0 radical (unpaired) electrons. The van der Waals surface area contributed by atoms with Gasteiger partial charge in [-0.1, -0.05) is 11.6 Å². The zero-order valence-electron chi connectivity index (χ0n) is 10.9. The molecule has 0 aliphatic carbocycles. The molecule has 0 saturated heterocycles. The molecule has 1 N–H and O–H groups in total. The number of aromatic nitrogens is 2. The third kappa shape index (κ3) is 2.71. The summed E-state index contributed by atoms with van der Waals surface area (Å²) in [5.74, 6) is 1.56. The summed E-state index contributed by atoms with van der Waals surface area (Å²) in [7, 11) is 1.93. The SMILES string of the molecule is Cc1ccc(OCc2nccn2C)c([C@@H](C)O)c1. The average Bonchev–Trinajstić information content (AvgIpc) is 2.73. The molecule has 1 heterocycles. The van der Waals surface area contributed by atoms with Crippen molar-refractivity contribution in [2.45, 2.75) is 26.6 Å². The van der Waals surface area contributed by atoms with Gasteiger partial charge in [0.05, 0.1) is 6.10 Å². The van der Waals surface area contributed by atoms with Crippen molar-refractivity contribution in [3.63, 3.8) is 0 Å². The van der Waals surface area contributed by atoms with Gasteiger partial charge in [-0.25, -0.2) is 4.98 Å². The summed E-state index contributed by atoms with van der Waals surface area (Å²) < 4.78 is 7.65. The summed E-state index contributed by atoms with van der Waals surface area (Å²) in [6, 6.07) is 5.80. The van der Waals surface area contributed by atoms with Crippen molar-refractivity contribution < 1.29 is 9.84 Å². The van der Waals surface area contributed by atoms with E-state index in [4.69, 9.17) is 4.74 Å². The highest BCUT2D eigenvalue weighted by atomic mass is 16.5. The number of nitrogens with zero attached hydrogens (tertiary/aromatic N) is 2. The van der Waals surface area contributed by atoms with Crippen LogP contribution in [-0.2, 0) is 13.7 Å². The van der Waals surface area contributed by atoms with Gasteiger partial charge in [0, 0.05) is 25.0 Å². The smallest absolute Gasteiger partial charge is 0.146 e. The number of hydrogen-bond donors (Lipinski definition) is 1. The first-order valence-corrected chi connectivity index (χ1v) is 5.95. The second-order valence-corrected chi connectivity index (χ2v) is 4.46. The topological polar surface area (TPSA) is 47.3 Å². The fraction of sp³-hybridized carbons (Fsp3) is 0.357. The van der Waals surface area contributed by atoms with E-state index in [1.54, 1.807) is 13.1 Å². The van der Waals surface area contributed by atoms with Gasteiger partial charge in [-0.3, -0.25) is 0 Å². The van der Waals surface area contributed by atoms with E-state index in [-0.39, 0.29) is 0 Å². The maximum Gasteiger partial charge on any atom is 0.146 e. The number of hydrogen-bond acceptors (Lipinski definition) is 3. The fourth-order valence-electron chi connectivity index (χ4n) is 1.80. The normalized spacial score (nSPS) is 12.4. The second kappa shape index (κ2) is 5.23. The Kier molecular flexibility index (Phi) is 3.67. The van der Waals surface area contributed by atoms with Gasteiger partial charge in [0.1, 0.15) is 18.2 Å². The minimum atomic E-state index is -0.540. The van der Waals surface area contributed by atoms with Crippen LogP contribution in [0.3, 0.4) is 0 Å². The quantitative estimate of drug-likeness (QED) is 0.900. The van der Waals surface area contributed by atoms with Crippen molar-refractivity contribution in [3.8, 4) is 5.75 Å². The molecule has 1 atom stereocenters. The zero-order chi connectivity index (χ0) is 13.1. The summed E-state index contributed by atoms with van der Waals surface area (Å²) in [5.41, 5.74) is 1.92. The third-order valence-electron chi connectivity index (χ3n) is 2.89. The van der Waals surface area contributed by atoms with Crippen LogP contribution in [0.15, 0.2) is 30.6 Å². The second-order valence-electron chi connectivity index (χ2n) is 4.46. The summed E-state index contributed by atoms with van der Waals surface area (Å²) in [6.45, 7) is 4.13. The van der Waals surface area contributed by atoms with E-state index in [0.717, 1.165) is 17.0 Å². The van der Waals surface area contributed by atoms with Crippen LogP contribution < -0.4 is 4.74 Å². The Hall–Kier alpha value is -1.81. The van der Waals surface area contributed by atoms with E-state index >= 15 is 0 Å². The molecule has 0 amide bonds. The molecule has 4 heteroatoms. The van der Waals surface area contributed by atoms with Crippen LogP contribution in [0.5, 0.6) is 5.75 Å². The molecule has 0 saturated carbocycles. The third-order valence-corrected chi connectivity index (χ3v) is 2.89. The molecular formula is C14H18N2O2. The fourth-order valence-corrected chi connectivity index (χ4v) is 1.80. The molecule has 0 spiro atoms. The standard InChI is InChI=1S/C14H18N2O2/c1-10-4-5-13(12(8-10)11(2)17)18-9-14-15-6-7-16(14)3/h4-8,11,17H,9H2,1-3H3/t11-/m1/s1. The van der Waals surface area contributed by atoms with Gasteiger partial charge >= 0.3 is 0 Å². The monoisotopic (exact) mass is 246 g/mol. The van der Waals surface area contributed by atoms with E-state index in [1.165, 1.54) is 0 Å². The highest BCUT2D eigenvalue weighted by Gasteiger charge is 2.10. The maximum absolute atomic E-state index is 9.74. The molecule has 96 valence electrons. The summed E-state index contributed by atoms with van der Waals surface area (Å²) in [5, 5.41) is 9.74. The number of ether oxygens (including phenoxy) is 1. The molecule has 0 unspecified atom stereocenters. The molecule has 0 aliphatic rings. The van der Waals surface area contributed by atoms with Gasteiger partial charge in [0.2, 0.25) is 0 Å². The Morgan fingerprint density at radius 1 is 1.44 bits per heavy atom. The Morgan fingerprint density at radius 2 is 2.22 bits per heavy atom. The van der Waals surface area contributed by atoms with Crippen molar-refractivity contribution in [2.75, 3.05) is 0 Å². The Morgan fingerprint density at radius 3 is 2.83 bits per heavy atom. The van der Waals surface area contributed by atoms with E-state index in [2.05, 4.69) is 4.98 Å². The first-order chi connectivity index (χ1) is 8.58. The van der Waals surface area contributed by atoms with Gasteiger partial charge in [-0.2, -0.15) is 0 Å². The predicted octanol–water partition coefficient (Wildman–Crippen LogP) is 2.36. The van der Waals surface area contributed by atoms with Crippen molar-refractivity contribution in [1.82, 2.24) is 9.55 Å². The zero-order valence-corrected chi connectivity index (χ0v) is 10.9. The van der Waals surface area contributed by atoms with E-state index in [1.807, 2.05) is 42.9 Å². The predicted molar refractivity (Wildman–Crippen MR) is 69.4 cm³/mol. The molecule has 2 aromatic rings. The van der Waals surface area contributed by atoms with Gasteiger partial charge < -0.3 is 14.4 Å². The van der Waals surface area contributed by atoms with Crippen LogP contribution in [0, 0.1) is 6.92 Å². The molecule has 1 aromatic heterocycles. The molecule has 1 aromatic carbocycles.